The second kappa shape index (κ2) is 9.30. The van der Waals surface area contributed by atoms with Gasteiger partial charge < -0.3 is 15.5 Å². The number of likely N-dealkylation sites (tertiary alicyclic amines) is 1. The van der Waals surface area contributed by atoms with Gasteiger partial charge >= 0.3 is 0 Å². The van der Waals surface area contributed by atoms with Gasteiger partial charge in [-0.05, 0) is 37.0 Å². The lowest BCUT2D eigenvalue weighted by molar-refractivity contribution is -0.133. The zero-order chi connectivity index (χ0) is 19.9. The molecule has 0 spiro atoms. The van der Waals surface area contributed by atoms with Gasteiger partial charge in [-0.2, -0.15) is 0 Å². The number of nitrogens with zero attached hydrogens (tertiary/aromatic N) is 3. The van der Waals surface area contributed by atoms with E-state index in [1.807, 2.05) is 35.2 Å². The van der Waals surface area contributed by atoms with Gasteiger partial charge in [-0.25, -0.2) is 0 Å². The highest BCUT2D eigenvalue weighted by Gasteiger charge is 2.28. The molecule has 2 amide bonds. The van der Waals surface area contributed by atoms with Gasteiger partial charge in [0, 0.05) is 26.2 Å². The molecule has 1 aromatic heterocycles. The second-order valence-corrected chi connectivity index (χ2v) is 7.00. The number of carbonyl (C=O) groups excluding carboxylic acids is 2. The zero-order valence-electron chi connectivity index (χ0n) is 16.4. The van der Waals surface area contributed by atoms with Gasteiger partial charge in [-0.3, -0.25) is 9.59 Å². The molecule has 2 N–H and O–H groups in total. The van der Waals surface area contributed by atoms with Crippen LogP contribution >= 0.6 is 0 Å². The van der Waals surface area contributed by atoms with Crippen molar-refractivity contribution in [3.8, 4) is 0 Å². The Bertz CT molecular complexity index is 786. The molecule has 7 nitrogen and oxygen atoms in total. The molecule has 0 saturated carbocycles. The number of rotatable bonds is 6. The average Bonchev–Trinajstić information content (AvgIpc) is 2.75. The van der Waals surface area contributed by atoms with E-state index in [1.54, 1.807) is 19.2 Å². The standard InChI is InChI=1S/C21H27N5O2/c1-3-17(15-7-5-4-6-8-15)21(28)26-13-11-16(12-14-26)23-19-10-9-18(24-25-19)20(27)22-2/h4-10,16-17H,3,11-14H2,1-2H3,(H,22,27)(H,23,25). The van der Waals surface area contributed by atoms with E-state index >= 15 is 0 Å². The highest BCUT2D eigenvalue weighted by Crippen LogP contribution is 2.24. The van der Waals surface area contributed by atoms with Crippen LogP contribution in [0.3, 0.4) is 0 Å². The van der Waals surface area contributed by atoms with Crippen LogP contribution in [0.2, 0.25) is 0 Å². The number of piperidine rings is 1. The van der Waals surface area contributed by atoms with Crippen molar-refractivity contribution in [3.05, 3.63) is 53.7 Å². The molecule has 2 heterocycles. The van der Waals surface area contributed by atoms with Crippen molar-refractivity contribution < 1.29 is 9.59 Å². The molecular formula is C21H27N5O2. The Hall–Kier alpha value is -2.96. The van der Waals surface area contributed by atoms with E-state index in [1.165, 1.54) is 0 Å². The van der Waals surface area contributed by atoms with E-state index in [-0.39, 0.29) is 23.8 Å². The lowest BCUT2D eigenvalue weighted by Crippen LogP contribution is -2.44. The lowest BCUT2D eigenvalue weighted by Gasteiger charge is -2.34. The van der Waals surface area contributed by atoms with Crippen molar-refractivity contribution in [2.24, 2.45) is 0 Å². The molecule has 2 aromatic rings. The molecule has 1 aliphatic heterocycles. The minimum absolute atomic E-state index is 0.0752. The summed E-state index contributed by atoms with van der Waals surface area (Å²) in [7, 11) is 1.56. The van der Waals surface area contributed by atoms with Crippen LogP contribution in [0, 0.1) is 0 Å². The predicted octanol–water partition coefficient (Wildman–Crippen LogP) is 2.43. The molecule has 1 saturated heterocycles. The molecule has 28 heavy (non-hydrogen) atoms. The van der Waals surface area contributed by atoms with Crippen molar-refractivity contribution >= 4 is 17.6 Å². The minimum atomic E-state index is -0.255. The van der Waals surface area contributed by atoms with Crippen LogP contribution in [0.15, 0.2) is 42.5 Å². The molecule has 3 rings (SSSR count). The summed E-state index contributed by atoms with van der Waals surface area (Å²) in [6.45, 7) is 3.51. The molecule has 7 heteroatoms. The van der Waals surface area contributed by atoms with Crippen LogP contribution in [0.25, 0.3) is 0 Å². The van der Waals surface area contributed by atoms with E-state index in [9.17, 15) is 9.59 Å². The normalized spacial score (nSPS) is 15.7. The smallest absolute Gasteiger partial charge is 0.271 e. The van der Waals surface area contributed by atoms with Crippen LogP contribution < -0.4 is 10.6 Å². The molecule has 148 valence electrons. The van der Waals surface area contributed by atoms with E-state index in [0.717, 1.165) is 37.9 Å². The monoisotopic (exact) mass is 381 g/mol. The maximum absolute atomic E-state index is 13.0. The Morgan fingerprint density at radius 2 is 1.82 bits per heavy atom. The lowest BCUT2D eigenvalue weighted by atomic mass is 9.93. The van der Waals surface area contributed by atoms with Crippen molar-refractivity contribution in [2.75, 3.05) is 25.5 Å². The first-order chi connectivity index (χ1) is 13.6. The first kappa shape index (κ1) is 19.8. The molecular weight excluding hydrogens is 354 g/mol. The third-order valence-corrected chi connectivity index (χ3v) is 5.19. The summed E-state index contributed by atoms with van der Waals surface area (Å²) >= 11 is 0. The maximum atomic E-state index is 13.0. The predicted molar refractivity (Wildman–Crippen MR) is 108 cm³/mol. The Balaban J connectivity index is 1.54. The maximum Gasteiger partial charge on any atom is 0.271 e. The number of nitrogens with one attached hydrogen (secondary N) is 2. The summed E-state index contributed by atoms with van der Waals surface area (Å²) < 4.78 is 0. The molecule has 1 aromatic carbocycles. The number of carbonyl (C=O) groups is 2. The highest BCUT2D eigenvalue weighted by molar-refractivity contribution is 5.91. The number of aromatic nitrogens is 2. The van der Waals surface area contributed by atoms with E-state index in [4.69, 9.17) is 0 Å². The van der Waals surface area contributed by atoms with Gasteiger partial charge in [0.05, 0.1) is 5.92 Å². The van der Waals surface area contributed by atoms with Crippen molar-refractivity contribution in [2.45, 2.75) is 38.1 Å². The number of hydrogen-bond donors (Lipinski definition) is 2. The highest BCUT2D eigenvalue weighted by atomic mass is 16.2. The molecule has 0 aliphatic carbocycles. The fraction of sp³-hybridized carbons (Fsp3) is 0.429. The third kappa shape index (κ3) is 4.65. The SMILES string of the molecule is CCC(C(=O)N1CCC(Nc2ccc(C(=O)NC)nn2)CC1)c1ccccc1. The first-order valence-corrected chi connectivity index (χ1v) is 9.78. The summed E-state index contributed by atoms with van der Waals surface area (Å²) in [6.07, 6.45) is 2.51. The van der Waals surface area contributed by atoms with Crippen molar-refractivity contribution in [1.29, 1.82) is 0 Å². The third-order valence-electron chi connectivity index (χ3n) is 5.19. The number of benzene rings is 1. The Labute approximate surface area is 165 Å². The number of anilines is 1. The Kier molecular flexibility index (Phi) is 6.57. The topological polar surface area (TPSA) is 87.2 Å². The molecule has 0 radical (unpaired) electrons. The largest absolute Gasteiger partial charge is 0.366 e. The Morgan fingerprint density at radius 1 is 1.11 bits per heavy atom. The van der Waals surface area contributed by atoms with Gasteiger partial charge in [-0.15, -0.1) is 10.2 Å². The fourth-order valence-corrected chi connectivity index (χ4v) is 3.57. The van der Waals surface area contributed by atoms with Crippen LogP contribution in [0.4, 0.5) is 5.82 Å². The molecule has 0 bridgehead atoms. The minimum Gasteiger partial charge on any atom is -0.366 e. The molecule has 1 unspecified atom stereocenters. The molecule has 1 fully saturated rings. The van der Waals surface area contributed by atoms with Gasteiger partial charge in [-0.1, -0.05) is 37.3 Å². The summed E-state index contributed by atoms with van der Waals surface area (Å²) in [4.78, 5) is 26.5. The van der Waals surface area contributed by atoms with Crippen molar-refractivity contribution in [1.82, 2.24) is 20.4 Å². The first-order valence-electron chi connectivity index (χ1n) is 9.78. The average molecular weight is 381 g/mol. The van der Waals surface area contributed by atoms with E-state index in [0.29, 0.717) is 11.5 Å². The Morgan fingerprint density at radius 3 is 2.39 bits per heavy atom. The summed E-state index contributed by atoms with van der Waals surface area (Å²) in [5, 5.41) is 13.9. The van der Waals surface area contributed by atoms with E-state index < -0.39 is 0 Å². The summed E-state index contributed by atoms with van der Waals surface area (Å²) in [5.41, 5.74) is 1.38. The summed E-state index contributed by atoms with van der Waals surface area (Å²) in [6, 6.07) is 13.7. The van der Waals surface area contributed by atoms with Crippen LogP contribution in [-0.2, 0) is 4.79 Å². The van der Waals surface area contributed by atoms with Gasteiger partial charge in [0.2, 0.25) is 5.91 Å². The van der Waals surface area contributed by atoms with Gasteiger partial charge in [0.1, 0.15) is 5.82 Å². The molecule has 1 atom stereocenters. The summed E-state index contributed by atoms with van der Waals surface area (Å²) in [5.74, 6) is 0.526. The van der Waals surface area contributed by atoms with E-state index in [2.05, 4.69) is 27.8 Å². The fourth-order valence-electron chi connectivity index (χ4n) is 3.57. The van der Waals surface area contributed by atoms with Crippen LogP contribution in [0.5, 0.6) is 0 Å². The van der Waals surface area contributed by atoms with Gasteiger partial charge in [0.25, 0.3) is 5.91 Å². The van der Waals surface area contributed by atoms with Crippen molar-refractivity contribution in [3.63, 3.8) is 0 Å². The zero-order valence-corrected chi connectivity index (χ0v) is 16.4. The quantitative estimate of drug-likeness (QED) is 0.802. The second-order valence-electron chi connectivity index (χ2n) is 7.00. The molecule has 1 aliphatic rings. The van der Waals surface area contributed by atoms with Gasteiger partial charge in [0.15, 0.2) is 5.69 Å². The number of hydrogen-bond acceptors (Lipinski definition) is 5. The number of amides is 2. The van der Waals surface area contributed by atoms with Crippen LogP contribution in [0.1, 0.15) is 48.2 Å². The van der Waals surface area contributed by atoms with Crippen LogP contribution in [-0.4, -0.2) is 53.1 Å².